The van der Waals surface area contributed by atoms with Gasteiger partial charge in [0, 0.05) is 30.6 Å². The molecule has 5 nitrogen and oxygen atoms in total. The Kier molecular flexibility index (Phi) is 3.47. The molecule has 1 atom stereocenters. The van der Waals surface area contributed by atoms with Crippen molar-refractivity contribution in [3.05, 3.63) is 46.0 Å². The van der Waals surface area contributed by atoms with Crippen LogP contribution in [0.2, 0.25) is 0 Å². The molecule has 0 unspecified atom stereocenters. The lowest BCUT2D eigenvalue weighted by atomic mass is 10.1. The van der Waals surface area contributed by atoms with Gasteiger partial charge in [0.2, 0.25) is 5.56 Å². The third-order valence-corrected chi connectivity index (χ3v) is 3.95. The van der Waals surface area contributed by atoms with Gasteiger partial charge < -0.3 is 15.6 Å². The van der Waals surface area contributed by atoms with E-state index in [1.54, 1.807) is 4.90 Å². The van der Waals surface area contributed by atoms with Crippen LogP contribution in [0.15, 0.2) is 29.1 Å². The van der Waals surface area contributed by atoms with Crippen molar-refractivity contribution in [1.29, 1.82) is 0 Å². The van der Waals surface area contributed by atoms with E-state index in [1.165, 1.54) is 24.3 Å². The van der Waals surface area contributed by atoms with Gasteiger partial charge in [0.25, 0.3) is 5.91 Å². The van der Waals surface area contributed by atoms with Gasteiger partial charge in [0.15, 0.2) is 0 Å². The van der Waals surface area contributed by atoms with Crippen molar-refractivity contribution in [2.75, 3.05) is 13.1 Å². The van der Waals surface area contributed by atoms with Crippen LogP contribution < -0.4 is 11.3 Å². The number of rotatable bonds is 2. The molecule has 1 aromatic carbocycles. The largest absolute Gasteiger partial charge is 0.334 e. The molecule has 1 aromatic heterocycles. The number of fused-ring (bicyclic) bond motifs is 1. The van der Waals surface area contributed by atoms with Gasteiger partial charge in [-0.1, -0.05) is 0 Å². The molecule has 0 saturated carbocycles. The number of likely N-dealkylation sites (tertiary alicyclic amines) is 1. The van der Waals surface area contributed by atoms with E-state index in [2.05, 4.69) is 4.98 Å². The minimum Gasteiger partial charge on any atom is -0.334 e. The van der Waals surface area contributed by atoms with Gasteiger partial charge in [-0.2, -0.15) is 0 Å². The quantitative estimate of drug-likeness (QED) is 0.872. The summed E-state index contributed by atoms with van der Waals surface area (Å²) >= 11 is 0. The highest BCUT2D eigenvalue weighted by atomic mass is 19.1. The van der Waals surface area contributed by atoms with Crippen molar-refractivity contribution in [3.63, 3.8) is 0 Å². The summed E-state index contributed by atoms with van der Waals surface area (Å²) in [7, 11) is 0. The first-order valence-corrected chi connectivity index (χ1v) is 6.94. The van der Waals surface area contributed by atoms with Crippen molar-refractivity contribution in [3.8, 4) is 0 Å². The van der Waals surface area contributed by atoms with Gasteiger partial charge in [-0.3, -0.25) is 9.59 Å². The smallest absolute Gasteiger partial charge is 0.255 e. The molecule has 6 heteroatoms. The average Bonchev–Trinajstić information content (AvgIpc) is 2.93. The van der Waals surface area contributed by atoms with Crippen molar-refractivity contribution in [1.82, 2.24) is 9.88 Å². The molecule has 21 heavy (non-hydrogen) atoms. The van der Waals surface area contributed by atoms with Gasteiger partial charge in [-0.05, 0) is 31.0 Å². The number of aromatic amines is 1. The Balaban J connectivity index is 2.11. The number of amides is 1. The Morgan fingerprint density at radius 3 is 3.00 bits per heavy atom. The van der Waals surface area contributed by atoms with Crippen LogP contribution in [-0.2, 0) is 0 Å². The van der Waals surface area contributed by atoms with E-state index in [0.717, 1.165) is 12.8 Å². The van der Waals surface area contributed by atoms with Gasteiger partial charge in [-0.15, -0.1) is 0 Å². The molecule has 2 aromatic rings. The first-order valence-electron chi connectivity index (χ1n) is 6.94. The maximum absolute atomic E-state index is 13.3. The molecular formula is C15H16FN3O2. The van der Waals surface area contributed by atoms with Crippen molar-refractivity contribution < 1.29 is 9.18 Å². The third kappa shape index (κ3) is 2.42. The first kappa shape index (κ1) is 13.8. The number of nitrogens with zero attached hydrogens (tertiary/aromatic N) is 1. The number of halogens is 1. The molecule has 0 aliphatic carbocycles. The monoisotopic (exact) mass is 289 g/mol. The van der Waals surface area contributed by atoms with Crippen molar-refractivity contribution in [2.45, 2.75) is 18.9 Å². The molecule has 1 saturated heterocycles. The van der Waals surface area contributed by atoms with Gasteiger partial charge in [-0.25, -0.2) is 4.39 Å². The minimum atomic E-state index is -0.455. The molecule has 1 aliphatic rings. The Morgan fingerprint density at radius 1 is 1.43 bits per heavy atom. The highest BCUT2D eigenvalue weighted by Gasteiger charge is 2.29. The zero-order valence-corrected chi connectivity index (χ0v) is 11.4. The second-order valence-electron chi connectivity index (χ2n) is 5.27. The lowest BCUT2D eigenvalue weighted by Gasteiger charge is -2.24. The highest BCUT2D eigenvalue weighted by molar-refractivity contribution is 6.06. The van der Waals surface area contributed by atoms with Gasteiger partial charge >= 0.3 is 0 Å². The van der Waals surface area contributed by atoms with Crippen LogP contribution in [-0.4, -0.2) is 34.9 Å². The van der Waals surface area contributed by atoms with Crippen LogP contribution in [0.3, 0.4) is 0 Å². The minimum absolute atomic E-state index is 0.00675. The lowest BCUT2D eigenvalue weighted by molar-refractivity contribution is 0.0743. The van der Waals surface area contributed by atoms with Crippen molar-refractivity contribution >= 4 is 16.8 Å². The topological polar surface area (TPSA) is 79.2 Å². The second-order valence-corrected chi connectivity index (χ2v) is 5.27. The summed E-state index contributed by atoms with van der Waals surface area (Å²) in [6.07, 6.45) is 1.78. The SMILES string of the molecule is NC[C@@H]1CCCN1C(=O)c1cc(=O)[nH]c2cc(F)ccc12. The number of nitrogens with one attached hydrogen (secondary N) is 1. The normalized spacial score (nSPS) is 18.4. The fraction of sp³-hybridized carbons (Fsp3) is 0.333. The molecule has 1 amide bonds. The maximum atomic E-state index is 13.3. The number of H-pyrrole nitrogens is 1. The molecule has 0 radical (unpaired) electrons. The number of benzene rings is 1. The molecule has 1 aliphatic heterocycles. The first-order chi connectivity index (χ1) is 10.1. The van der Waals surface area contributed by atoms with E-state index in [0.29, 0.717) is 29.6 Å². The van der Waals surface area contributed by atoms with E-state index in [-0.39, 0.29) is 11.9 Å². The molecule has 0 bridgehead atoms. The van der Waals surface area contributed by atoms with Crippen LogP contribution >= 0.6 is 0 Å². The van der Waals surface area contributed by atoms with Crippen LogP contribution in [0.5, 0.6) is 0 Å². The van der Waals surface area contributed by atoms with Crippen LogP contribution in [0.4, 0.5) is 4.39 Å². The fourth-order valence-corrected chi connectivity index (χ4v) is 2.91. The summed E-state index contributed by atoms with van der Waals surface area (Å²) in [4.78, 5) is 28.7. The second kappa shape index (κ2) is 5.29. The average molecular weight is 289 g/mol. The molecule has 1 fully saturated rings. The molecular weight excluding hydrogens is 273 g/mol. The molecule has 3 N–H and O–H groups in total. The summed E-state index contributed by atoms with van der Waals surface area (Å²) in [5, 5.41) is 0.545. The van der Waals surface area contributed by atoms with Crippen LogP contribution in [0.1, 0.15) is 23.2 Å². The van der Waals surface area contributed by atoms with Crippen molar-refractivity contribution in [2.24, 2.45) is 5.73 Å². The Hall–Kier alpha value is -2.21. The standard InChI is InChI=1S/C15H16FN3O2/c16-9-3-4-11-12(7-14(20)18-13(11)6-9)15(21)19-5-1-2-10(19)8-17/h3-4,6-7,10H,1-2,5,8,17H2,(H,18,20)/t10-/m0/s1. The maximum Gasteiger partial charge on any atom is 0.255 e. The van der Waals surface area contributed by atoms with Crippen LogP contribution in [0.25, 0.3) is 10.9 Å². The Bertz CT molecular complexity index is 756. The number of aromatic nitrogens is 1. The Labute approximate surface area is 120 Å². The zero-order valence-electron chi connectivity index (χ0n) is 11.4. The molecule has 2 heterocycles. The summed E-state index contributed by atoms with van der Waals surface area (Å²) < 4.78 is 13.3. The molecule has 0 spiro atoms. The summed E-state index contributed by atoms with van der Waals surface area (Å²) in [6.45, 7) is 1.04. The number of nitrogens with two attached hydrogens (primary N) is 1. The zero-order chi connectivity index (χ0) is 15.0. The fourth-order valence-electron chi connectivity index (χ4n) is 2.91. The van der Waals surface area contributed by atoms with E-state index in [1.807, 2.05) is 0 Å². The Morgan fingerprint density at radius 2 is 2.24 bits per heavy atom. The predicted octanol–water partition coefficient (Wildman–Crippen LogP) is 1.23. The predicted molar refractivity (Wildman–Crippen MR) is 77.6 cm³/mol. The van der Waals surface area contributed by atoms with E-state index >= 15 is 0 Å². The van der Waals surface area contributed by atoms with E-state index in [9.17, 15) is 14.0 Å². The number of hydrogen-bond acceptors (Lipinski definition) is 3. The van der Waals surface area contributed by atoms with E-state index in [4.69, 9.17) is 5.73 Å². The number of carbonyl (C=O) groups is 1. The number of pyridine rings is 1. The molecule has 110 valence electrons. The third-order valence-electron chi connectivity index (χ3n) is 3.95. The summed E-state index contributed by atoms with van der Waals surface area (Å²) in [6, 6.07) is 5.29. The van der Waals surface area contributed by atoms with Gasteiger partial charge in [0.05, 0.1) is 11.1 Å². The summed E-state index contributed by atoms with van der Waals surface area (Å²) in [5.74, 6) is -0.672. The number of carbonyl (C=O) groups excluding carboxylic acids is 1. The molecule has 3 rings (SSSR count). The van der Waals surface area contributed by atoms with Gasteiger partial charge in [0.1, 0.15) is 5.82 Å². The lowest BCUT2D eigenvalue weighted by Crippen LogP contribution is -2.40. The summed E-state index contributed by atoms with van der Waals surface area (Å²) in [5.41, 5.74) is 5.90. The van der Waals surface area contributed by atoms with Crippen LogP contribution in [0, 0.1) is 5.82 Å². The van der Waals surface area contributed by atoms with E-state index < -0.39 is 11.4 Å². The number of hydrogen-bond donors (Lipinski definition) is 2. The highest BCUT2D eigenvalue weighted by Crippen LogP contribution is 2.23.